The van der Waals surface area contributed by atoms with Crippen molar-refractivity contribution < 1.29 is 27.9 Å². The van der Waals surface area contributed by atoms with Crippen LogP contribution in [-0.2, 0) is 0 Å². The van der Waals surface area contributed by atoms with Crippen LogP contribution in [0.5, 0.6) is 5.75 Å². The van der Waals surface area contributed by atoms with E-state index in [4.69, 9.17) is 9.84 Å². The average molecular weight is 255 g/mol. The molecule has 7 heteroatoms. The van der Waals surface area contributed by atoms with Crippen LogP contribution in [0.4, 0.5) is 8.78 Å². The van der Waals surface area contributed by atoms with E-state index in [2.05, 4.69) is 9.68 Å². The fourth-order valence-corrected chi connectivity index (χ4v) is 1.46. The minimum absolute atomic E-state index is 0.221. The summed E-state index contributed by atoms with van der Waals surface area (Å²) in [6, 6.07) is 2.77. The Labute approximate surface area is 99.6 Å². The van der Waals surface area contributed by atoms with Crippen LogP contribution < -0.4 is 4.74 Å². The number of rotatable bonds is 3. The Hall–Kier alpha value is -2.44. The molecule has 18 heavy (non-hydrogen) atoms. The molecule has 1 heterocycles. The highest BCUT2D eigenvalue weighted by atomic mass is 19.1. The molecule has 0 aliphatic rings. The molecule has 0 radical (unpaired) electrons. The number of hydrogen-bond acceptors (Lipinski definition) is 4. The van der Waals surface area contributed by atoms with Gasteiger partial charge in [-0.15, -0.1) is 0 Å². The third-order valence-corrected chi connectivity index (χ3v) is 2.24. The number of hydrogen-bond donors (Lipinski definition) is 1. The second-order valence-corrected chi connectivity index (χ2v) is 3.32. The molecular weight excluding hydrogens is 248 g/mol. The topological polar surface area (TPSA) is 72.6 Å². The number of aromatic nitrogens is 1. The summed E-state index contributed by atoms with van der Waals surface area (Å²) in [4.78, 5) is 10.6. The summed E-state index contributed by atoms with van der Waals surface area (Å²) in [5.41, 5.74) is -0.715. The van der Waals surface area contributed by atoms with Crippen LogP contribution in [0.15, 0.2) is 22.7 Å². The normalized spacial score (nSPS) is 10.4. The van der Waals surface area contributed by atoms with Crippen LogP contribution in [0.1, 0.15) is 10.5 Å². The van der Waals surface area contributed by atoms with Crippen molar-refractivity contribution in [2.75, 3.05) is 7.11 Å². The number of nitrogens with zero attached hydrogens (tertiary/aromatic N) is 1. The Morgan fingerprint density at radius 1 is 1.39 bits per heavy atom. The largest absolute Gasteiger partial charge is 0.493 e. The van der Waals surface area contributed by atoms with Gasteiger partial charge in [0.05, 0.1) is 7.11 Å². The van der Waals surface area contributed by atoms with Gasteiger partial charge in [-0.05, 0) is 12.1 Å². The van der Waals surface area contributed by atoms with E-state index in [0.717, 1.165) is 25.3 Å². The number of methoxy groups -OCH3 is 1. The van der Waals surface area contributed by atoms with Gasteiger partial charge < -0.3 is 14.4 Å². The van der Waals surface area contributed by atoms with Crippen molar-refractivity contribution in [2.24, 2.45) is 0 Å². The zero-order chi connectivity index (χ0) is 13.3. The van der Waals surface area contributed by atoms with Crippen LogP contribution in [0.25, 0.3) is 11.3 Å². The summed E-state index contributed by atoms with van der Waals surface area (Å²) in [7, 11) is 1.16. The van der Waals surface area contributed by atoms with Crippen LogP contribution >= 0.6 is 0 Å². The number of aromatic carboxylic acids is 1. The molecule has 94 valence electrons. The van der Waals surface area contributed by atoms with E-state index >= 15 is 0 Å². The highest BCUT2D eigenvalue weighted by Crippen LogP contribution is 2.35. The van der Waals surface area contributed by atoms with E-state index in [1.165, 1.54) is 0 Å². The first-order valence-corrected chi connectivity index (χ1v) is 4.77. The Morgan fingerprint density at radius 3 is 2.61 bits per heavy atom. The van der Waals surface area contributed by atoms with Crippen LogP contribution in [0, 0.1) is 11.6 Å². The molecule has 1 N–H and O–H groups in total. The minimum atomic E-state index is -1.33. The standard InChI is InChI=1S/C11H7F2NO4/c1-17-10-6(13)3-2-5(12)9(10)8-4-7(11(15)16)14-18-8/h2-4H,1H3,(H,15,16). The summed E-state index contributed by atoms with van der Waals surface area (Å²) >= 11 is 0. The second kappa shape index (κ2) is 4.44. The molecule has 1 aromatic carbocycles. The quantitative estimate of drug-likeness (QED) is 0.911. The molecule has 0 amide bonds. The monoisotopic (exact) mass is 255 g/mol. The zero-order valence-electron chi connectivity index (χ0n) is 9.11. The van der Waals surface area contributed by atoms with Gasteiger partial charge in [0, 0.05) is 6.07 Å². The van der Waals surface area contributed by atoms with Crippen LogP contribution in [-0.4, -0.2) is 23.3 Å². The zero-order valence-corrected chi connectivity index (χ0v) is 9.11. The summed E-state index contributed by atoms with van der Waals surface area (Å²) < 4.78 is 36.4. The predicted octanol–water partition coefficient (Wildman–Crippen LogP) is 2.33. The van der Waals surface area contributed by atoms with E-state index in [1.54, 1.807) is 0 Å². The lowest BCUT2D eigenvalue weighted by molar-refractivity contribution is 0.0686. The Bertz CT molecular complexity index is 609. The summed E-state index contributed by atoms with van der Waals surface area (Å²) in [6.45, 7) is 0. The first-order valence-electron chi connectivity index (χ1n) is 4.77. The van der Waals surface area contributed by atoms with E-state index in [-0.39, 0.29) is 17.1 Å². The number of ether oxygens (including phenoxy) is 1. The average Bonchev–Trinajstić information content (AvgIpc) is 2.81. The van der Waals surface area contributed by atoms with Gasteiger partial charge in [-0.1, -0.05) is 5.16 Å². The molecule has 0 fully saturated rings. The number of halogens is 2. The van der Waals surface area contributed by atoms with Crippen molar-refractivity contribution in [1.29, 1.82) is 0 Å². The van der Waals surface area contributed by atoms with Gasteiger partial charge in [0.25, 0.3) is 0 Å². The van der Waals surface area contributed by atoms with Gasteiger partial charge in [-0.25, -0.2) is 13.6 Å². The lowest BCUT2D eigenvalue weighted by atomic mass is 10.1. The number of carboxylic acids is 1. The lowest BCUT2D eigenvalue weighted by Gasteiger charge is -2.07. The molecule has 2 rings (SSSR count). The molecule has 0 saturated heterocycles. The van der Waals surface area contributed by atoms with Crippen molar-refractivity contribution in [1.82, 2.24) is 5.16 Å². The van der Waals surface area contributed by atoms with E-state index in [0.29, 0.717) is 0 Å². The molecular formula is C11H7F2NO4. The molecule has 5 nitrogen and oxygen atoms in total. The third kappa shape index (κ3) is 1.90. The van der Waals surface area contributed by atoms with Crippen LogP contribution in [0.2, 0.25) is 0 Å². The van der Waals surface area contributed by atoms with Gasteiger partial charge in [0.15, 0.2) is 23.0 Å². The van der Waals surface area contributed by atoms with Crippen molar-refractivity contribution in [2.45, 2.75) is 0 Å². The first-order chi connectivity index (χ1) is 8.54. The number of benzene rings is 1. The van der Waals surface area contributed by atoms with Crippen LogP contribution in [0.3, 0.4) is 0 Å². The summed E-state index contributed by atoms with van der Waals surface area (Å²) in [6.07, 6.45) is 0. The smallest absolute Gasteiger partial charge is 0.358 e. The second-order valence-electron chi connectivity index (χ2n) is 3.32. The molecule has 0 atom stereocenters. The molecule has 0 unspecified atom stereocenters. The maximum atomic E-state index is 13.6. The van der Waals surface area contributed by atoms with Crippen molar-refractivity contribution in [3.05, 3.63) is 35.5 Å². The molecule has 1 aromatic heterocycles. The maximum absolute atomic E-state index is 13.6. The van der Waals surface area contributed by atoms with Gasteiger partial charge in [0.2, 0.25) is 0 Å². The molecule has 0 aliphatic carbocycles. The van der Waals surface area contributed by atoms with Gasteiger partial charge in [-0.2, -0.15) is 0 Å². The Morgan fingerprint density at radius 2 is 2.06 bits per heavy atom. The third-order valence-electron chi connectivity index (χ3n) is 2.24. The Kier molecular flexibility index (Phi) is 2.97. The Balaban J connectivity index is 2.62. The number of carboxylic acid groups (broad SMARTS) is 1. The highest BCUT2D eigenvalue weighted by molar-refractivity contribution is 5.86. The summed E-state index contributed by atoms with van der Waals surface area (Å²) in [5.74, 6) is -3.52. The maximum Gasteiger partial charge on any atom is 0.358 e. The molecule has 0 aliphatic heterocycles. The first kappa shape index (κ1) is 12.0. The molecule has 2 aromatic rings. The van der Waals surface area contributed by atoms with E-state index < -0.39 is 23.3 Å². The lowest BCUT2D eigenvalue weighted by Crippen LogP contribution is -1.95. The number of carbonyl (C=O) groups is 1. The highest BCUT2D eigenvalue weighted by Gasteiger charge is 2.21. The SMILES string of the molecule is COc1c(F)ccc(F)c1-c1cc(C(=O)O)no1. The van der Waals surface area contributed by atoms with E-state index in [9.17, 15) is 13.6 Å². The predicted molar refractivity (Wildman–Crippen MR) is 55.4 cm³/mol. The molecule has 0 bridgehead atoms. The molecule has 0 saturated carbocycles. The minimum Gasteiger partial charge on any atom is -0.493 e. The van der Waals surface area contributed by atoms with E-state index in [1.807, 2.05) is 0 Å². The van der Waals surface area contributed by atoms with Gasteiger partial charge >= 0.3 is 5.97 Å². The van der Waals surface area contributed by atoms with Gasteiger partial charge in [-0.3, -0.25) is 0 Å². The fraction of sp³-hybridized carbons (Fsp3) is 0.0909. The molecule has 0 spiro atoms. The van der Waals surface area contributed by atoms with Crippen molar-refractivity contribution in [3.8, 4) is 17.1 Å². The summed E-state index contributed by atoms with van der Waals surface area (Å²) in [5, 5.41) is 11.9. The van der Waals surface area contributed by atoms with Crippen molar-refractivity contribution in [3.63, 3.8) is 0 Å². The van der Waals surface area contributed by atoms with Crippen molar-refractivity contribution >= 4 is 5.97 Å². The fourth-order valence-electron chi connectivity index (χ4n) is 1.46. The van der Waals surface area contributed by atoms with Gasteiger partial charge in [0.1, 0.15) is 11.4 Å².